The molecule has 0 bridgehead atoms. The number of halogens is 1. The predicted molar refractivity (Wildman–Crippen MR) is 72.4 cm³/mol. The fourth-order valence-corrected chi connectivity index (χ4v) is 3.31. The van der Waals surface area contributed by atoms with Gasteiger partial charge in [-0.2, -0.15) is 5.10 Å². The van der Waals surface area contributed by atoms with Gasteiger partial charge in [0.05, 0.1) is 6.20 Å². The number of aromatic amines is 1. The van der Waals surface area contributed by atoms with Crippen LogP contribution in [0.2, 0.25) is 0 Å². The van der Waals surface area contributed by atoms with Crippen molar-refractivity contribution in [1.29, 1.82) is 0 Å². The van der Waals surface area contributed by atoms with Gasteiger partial charge in [0.25, 0.3) is 0 Å². The van der Waals surface area contributed by atoms with E-state index in [1.807, 2.05) is 0 Å². The number of hydrogen-bond acceptors (Lipinski definition) is 3. The topological polar surface area (TPSA) is 78.1 Å². The highest BCUT2D eigenvalue weighted by atomic mass is 19.1. The van der Waals surface area contributed by atoms with E-state index < -0.39 is 11.2 Å². The quantitative estimate of drug-likeness (QED) is 0.762. The Morgan fingerprint density at radius 1 is 1.33 bits per heavy atom. The van der Waals surface area contributed by atoms with Gasteiger partial charge >= 0.3 is 0 Å². The summed E-state index contributed by atoms with van der Waals surface area (Å²) in [6.45, 7) is 0. The third kappa shape index (κ3) is 1.32. The molecule has 2 aliphatic rings. The Labute approximate surface area is 118 Å². The van der Waals surface area contributed by atoms with Crippen LogP contribution >= 0.6 is 0 Å². The van der Waals surface area contributed by atoms with E-state index in [9.17, 15) is 14.0 Å². The highest BCUT2D eigenvalue weighted by Crippen LogP contribution is 2.51. The Morgan fingerprint density at radius 2 is 2.14 bits per heavy atom. The molecule has 1 aromatic carbocycles. The molecule has 1 unspecified atom stereocenters. The van der Waals surface area contributed by atoms with E-state index in [1.54, 1.807) is 13.1 Å². The summed E-state index contributed by atoms with van der Waals surface area (Å²) in [6.07, 6.45) is 1.46. The Hall–Kier alpha value is -2.70. The first kappa shape index (κ1) is 12.1. The fraction of sp³-hybridized carbons (Fsp3) is 0.214. The van der Waals surface area contributed by atoms with E-state index >= 15 is 0 Å². The fourth-order valence-electron chi connectivity index (χ4n) is 3.31. The number of H-pyrrole nitrogens is 1. The summed E-state index contributed by atoms with van der Waals surface area (Å²) in [4.78, 5) is 26.3. The smallest absolute Gasteiger partial charge is 0.242 e. The molecule has 106 valence electrons. The number of aromatic nitrogens is 2. The number of anilines is 2. The Balaban J connectivity index is 2.08. The predicted octanol–water partition coefficient (Wildman–Crippen LogP) is 1.15. The highest BCUT2D eigenvalue weighted by Gasteiger charge is 2.56. The maximum Gasteiger partial charge on any atom is 0.242 e. The maximum atomic E-state index is 13.7. The van der Waals surface area contributed by atoms with Crippen molar-refractivity contribution < 1.29 is 14.0 Å². The lowest BCUT2D eigenvalue weighted by molar-refractivity contribution is -0.126. The molecule has 2 amide bonds. The van der Waals surface area contributed by atoms with Gasteiger partial charge in [0.2, 0.25) is 11.8 Å². The molecular weight excluding hydrogens is 275 g/mol. The van der Waals surface area contributed by atoms with Gasteiger partial charge in [0, 0.05) is 24.7 Å². The lowest BCUT2D eigenvalue weighted by Gasteiger charge is -2.31. The largest absolute Gasteiger partial charge is 0.314 e. The number of carbonyl (C=O) groups is 2. The van der Waals surface area contributed by atoms with Crippen LogP contribution in [0.4, 0.5) is 15.9 Å². The number of benzene rings is 1. The first-order valence-corrected chi connectivity index (χ1v) is 6.46. The highest BCUT2D eigenvalue weighted by molar-refractivity contribution is 6.15. The second-order valence-electron chi connectivity index (χ2n) is 5.31. The molecular formula is C14H11FN4O2. The molecule has 2 aliphatic heterocycles. The summed E-state index contributed by atoms with van der Waals surface area (Å²) < 4.78 is 13.7. The molecule has 0 radical (unpaired) electrons. The number of amides is 2. The van der Waals surface area contributed by atoms with Crippen LogP contribution in [0.3, 0.4) is 0 Å². The number of carbonyl (C=O) groups excluding carboxylic acids is 2. The molecule has 3 heterocycles. The van der Waals surface area contributed by atoms with Crippen molar-refractivity contribution in [3.63, 3.8) is 0 Å². The van der Waals surface area contributed by atoms with E-state index in [0.717, 1.165) is 0 Å². The Morgan fingerprint density at radius 3 is 2.95 bits per heavy atom. The lowest BCUT2D eigenvalue weighted by atomic mass is 9.72. The van der Waals surface area contributed by atoms with Crippen LogP contribution in [-0.4, -0.2) is 29.1 Å². The molecule has 0 fully saturated rings. The van der Waals surface area contributed by atoms with Gasteiger partial charge in [-0.3, -0.25) is 14.7 Å². The van der Waals surface area contributed by atoms with Crippen molar-refractivity contribution in [2.24, 2.45) is 0 Å². The molecule has 4 rings (SSSR count). The van der Waals surface area contributed by atoms with Crippen molar-refractivity contribution in [3.8, 4) is 0 Å². The van der Waals surface area contributed by atoms with Crippen molar-refractivity contribution in [2.75, 3.05) is 17.3 Å². The van der Waals surface area contributed by atoms with Crippen LogP contribution in [0.25, 0.3) is 0 Å². The number of nitrogens with one attached hydrogen (secondary N) is 2. The van der Waals surface area contributed by atoms with E-state index in [0.29, 0.717) is 22.6 Å². The van der Waals surface area contributed by atoms with Crippen molar-refractivity contribution in [3.05, 3.63) is 41.3 Å². The number of rotatable bonds is 0. The Bertz CT molecular complexity index is 800. The first-order valence-electron chi connectivity index (χ1n) is 6.46. The van der Waals surface area contributed by atoms with E-state index in [1.165, 1.54) is 23.2 Å². The van der Waals surface area contributed by atoms with Gasteiger partial charge in [-0.15, -0.1) is 0 Å². The van der Waals surface area contributed by atoms with Crippen LogP contribution in [0, 0.1) is 5.82 Å². The van der Waals surface area contributed by atoms with Gasteiger partial charge in [0.15, 0.2) is 0 Å². The van der Waals surface area contributed by atoms with E-state index in [2.05, 4.69) is 15.5 Å². The van der Waals surface area contributed by atoms with E-state index in [4.69, 9.17) is 0 Å². The minimum Gasteiger partial charge on any atom is -0.314 e. The van der Waals surface area contributed by atoms with Gasteiger partial charge in [0.1, 0.15) is 17.1 Å². The molecule has 7 heteroatoms. The van der Waals surface area contributed by atoms with Crippen LogP contribution in [0.5, 0.6) is 0 Å². The number of hydrogen-bond donors (Lipinski definition) is 2. The minimum absolute atomic E-state index is 0.0564. The van der Waals surface area contributed by atoms with Crippen LogP contribution in [0.15, 0.2) is 24.4 Å². The van der Waals surface area contributed by atoms with E-state index in [-0.39, 0.29) is 18.2 Å². The van der Waals surface area contributed by atoms with Crippen LogP contribution < -0.4 is 10.2 Å². The third-order valence-electron chi connectivity index (χ3n) is 4.24. The molecule has 0 saturated heterocycles. The molecule has 0 aliphatic carbocycles. The minimum atomic E-state index is -1.20. The zero-order valence-corrected chi connectivity index (χ0v) is 11.1. The standard InChI is InChI=1S/C14H11FN4O2/c1-19-10-3-2-7(15)4-8(10)14(13(19)21)5-11(20)17-12-9(14)6-16-18-12/h2-4,6H,5H2,1H3,(H2,16,17,18,20). The van der Waals surface area contributed by atoms with Gasteiger partial charge in [-0.1, -0.05) is 0 Å². The monoisotopic (exact) mass is 286 g/mol. The number of likely N-dealkylation sites (N-methyl/N-ethyl adjacent to an activating group) is 1. The second-order valence-corrected chi connectivity index (χ2v) is 5.31. The molecule has 2 aromatic rings. The third-order valence-corrected chi connectivity index (χ3v) is 4.24. The van der Waals surface area contributed by atoms with Crippen molar-refractivity contribution in [1.82, 2.24) is 10.2 Å². The number of nitrogens with zero attached hydrogens (tertiary/aromatic N) is 2. The molecule has 2 N–H and O–H groups in total. The summed E-state index contributed by atoms with van der Waals surface area (Å²) in [5.74, 6) is -0.594. The summed E-state index contributed by atoms with van der Waals surface area (Å²) in [6, 6.07) is 4.19. The SMILES string of the molecule is CN1C(=O)C2(CC(=O)Nc3[nH]ncc32)c2cc(F)ccc21. The van der Waals surface area contributed by atoms with Gasteiger partial charge in [-0.25, -0.2) is 4.39 Å². The van der Waals surface area contributed by atoms with Crippen LogP contribution in [-0.2, 0) is 15.0 Å². The first-order chi connectivity index (χ1) is 10.0. The average molecular weight is 286 g/mol. The zero-order chi connectivity index (χ0) is 14.8. The van der Waals surface area contributed by atoms with Gasteiger partial charge < -0.3 is 10.2 Å². The second kappa shape index (κ2) is 3.69. The molecule has 1 aromatic heterocycles. The number of fused-ring (bicyclic) bond motifs is 4. The van der Waals surface area contributed by atoms with Crippen molar-refractivity contribution in [2.45, 2.75) is 11.8 Å². The molecule has 1 spiro atoms. The van der Waals surface area contributed by atoms with Crippen molar-refractivity contribution >= 4 is 23.3 Å². The summed E-state index contributed by atoms with van der Waals surface area (Å²) in [7, 11) is 1.63. The maximum absolute atomic E-state index is 13.7. The molecule has 6 nitrogen and oxygen atoms in total. The zero-order valence-electron chi connectivity index (χ0n) is 11.1. The Kier molecular flexibility index (Phi) is 2.12. The average Bonchev–Trinajstić information content (AvgIpc) is 2.99. The van der Waals surface area contributed by atoms with Crippen LogP contribution in [0.1, 0.15) is 17.5 Å². The lowest BCUT2D eigenvalue weighted by Crippen LogP contribution is -2.45. The summed E-state index contributed by atoms with van der Waals surface area (Å²) >= 11 is 0. The summed E-state index contributed by atoms with van der Waals surface area (Å²) in [5, 5.41) is 9.23. The molecule has 0 saturated carbocycles. The molecule has 21 heavy (non-hydrogen) atoms. The van der Waals surface area contributed by atoms with Gasteiger partial charge in [-0.05, 0) is 23.8 Å². The normalized spacial score (nSPS) is 23.2. The summed E-state index contributed by atoms with van der Waals surface area (Å²) in [5.41, 5.74) is 0.496. The molecule has 1 atom stereocenters.